The first-order valence-electron chi connectivity index (χ1n) is 6.64. The summed E-state index contributed by atoms with van der Waals surface area (Å²) in [5, 5.41) is 16.4. The number of alkyl halides is 2. The van der Waals surface area contributed by atoms with E-state index in [9.17, 15) is 0 Å². The van der Waals surface area contributed by atoms with Crippen molar-refractivity contribution in [2.45, 2.75) is 11.0 Å². The third-order valence-corrected chi connectivity index (χ3v) is 4.43. The second kappa shape index (κ2) is 5.23. The van der Waals surface area contributed by atoms with Gasteiger partial charge in [0.05, 0.1) is 11.0 Å². The van der Waals surface area contributed by atoms with Crippen LogP contribution in [0.15, 0.2) is 48.5 Å². The third kappa shape index (κ3) is 2.03. The lowest BCUT2D eigenvalue weighted by molar-refractivity contribution is 0.461. The number of para-hydroxylation sites is 2. The maximum absolute atomic E-state index is 6.51. The molecule has 0 fully saturated rings. The van der Waals surface area contributed by atoms with E-state index in [1.54, 1.807) is 9.36 Å². The molecule has 0 radical (unpaired) electrons. The van der Waals surface area contributed by atoms with Gasteiger partial charge >= 0.3 is 0 Å². The summed E-state index contributed by atoms with van der Waals surface area (Å²) in [7, 11) is 0. The molecule has 4 rings (SSSR count). The molecule has 0 bridgehead atoms. The number of fused-ring (bicyclic) bond motifs is 2. The van der Waals surface area contributed by atoms with Crippen LogP contribution < -0.4 is 0 Å². The van der Waals surface area contributed by atoms with Crippen molar-refractivity contribution in [3.05, 3.63) is 48.5 Å². The van der Waals surface area contributed by atoms with Gasteiger partial charge in [-0.2, -0.15) is 0 Å². The molecule has 6 nitrogen and oxygen atoms in total. The Morgan fingerprint density at radius 1 is 0.682 bits per heavy atom. The molecule has 0 saturated heterocycles. The van der Waals surface area contributed by atoms with Crippen molar-refractivity contribution < 1.29 is 0 Å². The molecule has 2 aromatic heterocycles. The molecule has 0 aliphatic heterocycles. The van der Waals surface area contributed by atoms with Crippen LogP contribution in [0.25, 0.3) is 22.1 Å². The highest BCUT2D eigenvalue weighted by Crippen LogP contribution is 2.33. The molecular weight excluding hydrogens is 323 g/mol. The topological polar surface area (TPSA) is 61.4 Å². The predicted octanol–water partition coefficient (Wildman–Crippen LogP) is 3.35. The highest BCUT2D eigenvalue weighted by Gasteiger charge is 2.25. The van der Waals surface area contributed by atoms with E-state index in [0.29, 0.717) is 0 Å². The molecule has 4 aromatic rings. The maximum Gasteiger partial charge on any atom is 0.164 e. The molecule has 0 aliphatic rings. The molecule has 8 heteroatoms. The average Bonchev–Trinajstić information content (AvgIpc) is 3.17. The van der Waals surface area contributed by atoms with E-state index >= 15 is 0 Å². The lowest BCUT2D eigenvalue weighted by Gasteiger charge is -2.17. The first kappa shape index (κ1) is 13.5. The predicted molar refractivity (Wildman–Crippen MR) is 84.8 cm³/mol. The Kier molecular flexibility index (Phi) is 3.20. The smallest absolute Gasteiger partial charge is 0.164 e. The number of halogens is 2. The van der Waals surface area contributed by atoms with Crippen LogP contribution in [-0.2, 0) is 0 Å². The zero-order valence-corrected chi connectivity index (χ0v) is 12.7. The van der Waals surface area contributed by atoms with Gasteiger partial charge in [-0.25, -0.2) is 9.36 Å². The van der Waals surface area contributed by atoms with Gasteiger partial charge in [0.25, 0.3) is 0 Å². The first-order valence-corrected chi connectivity index (χ1v) is 7.51. The van der Waals surface area contributed by atoms with Crippen LogP contribution in [0.5, 0.6) is 0 Å². The molecule has 2 heterocycles. The summed E-state index contributed by atoms with van der Waals surface area (Å²) in [5.74, 6) is 0. The van der Waals surface area contributed by atoms with E-state index < -0.39 is 11.0 Å². The van der Waals surface area contributed by atoms with Crippen molar-refractivity contribution >= 4 is 45.3 Å². The fraction of sp³-hybridized carbons (Fsp3) is 0.143. The molecule has 2 atom stereocenters. The molecule has 110 valence electrons. The van der Waals surface area contributed by atoms with Gasteiger partial charge < -0.3 is 0 Å². The van der Waals surface area contributed by atoms with E-state index in [4.69, 9.17) is 23.2 Å². The monoisotopic (exact) mass is 332 g/mol. The normalized spacial score (nSPS) is 14.5. The Labute approximate surface area is 135 Å². The quantitative estimate of drug-likeness (QED) is 0.540. The summed E-state index contributed by atoms with van der Waals surface area (Å²) in [4.78, 5) is 0. The molecule has 0 spiro atoms. The Hall–Kier alpha value is -2.18. The lowest BCUT2D eigenvalue weighted by atomic mass is 10.3. The van der Waals surface area contributed by atoms with E-state index in [1.165, 1.54) is 0 Å². The minimum atomic E-state index is -0.654. The van der Waals surface area contributed by atoms with E-state index in [0.717, 1.165) is 22.1 Å². The van der Waals surface area contributed by atoms with Crippen molar-refractivity contribution in [2.75, 3.05) is 0 Å². The largest absolute Gasteiger partial charge is 0.223 e. The molecule has 0 amide bonds. The summed E-state index contributed by atoms with van der Waals surface area (Å²) in [6.45, 7) is 0. The summed E-state index contributed by atoms with van der Waals surface area (Å²) in [6.07, 6.45) is 0. The molecule has 0 N–H and O–H groups in total. The van der Waals surface area contributed by atoms with Gasteiger partial charge in [-0.15, -0.1) is 10.2 Å². The molecule has 22 heavy (non-hydrogen) atoms. The number of hydrogen-bond acceptors (Lipinski definition) is 4. The number of hydrogen-bond donors (Lipinski definition) is 0. The Morgan fingerprint density at radius 3 is 1.55 bits per heavy atom. The molecule has 2 aromatic carbocycles. The van der Waals surface area contributed by atoms with Crippen LogP contribution in [0, 0.1) is 0 Å². The Balaban J connectivity index is 1.77. The first-order chi connectivity index (χ1) is 10.8. The van der Waals surface area contributed by atoms with E-state index in [-0.39, 0.29) is 0 Å². The van der Waals surface area contributed by atoms with Gasteiger partial charge in [0, 0.05) is 0 Å². The molecule has 0 saturated carbocycles. The van der Waals surface area contributed by atoms with Crippen molar-refractivity contribution in [1.29, 1.82) is 0 Å². The summed E-state index contributed by atoms with van der Waals surface area (Å²) in [5.41, 5.74) is 1.86. The summed E-state index contributed by atoms with van der Waals surface area (Å²) < 4.78 is 3.18. The van der Waals surface area contributed by atoms with Gasteiger partial charge in [0.15, 0.2) is 11.0 Å². The van der Waals surface area contributed by atoms with Crippen LogP contribution >= 0.6 is 23.2 Å². The van der Waals surface area contributed by atoms with Gasteiger partial charge in [0.1, 0.15) is 11.0 Å². The van der Waals surface area contributed by atoms with Crippen LogP contribution in [0.4, 0.5) is 0 Å². The Bertz CT molecular complexity index is 868. The zero-order chi connectivity index (χ0) is 15.1. The maximum atomic E-state index is 6.51. The SMILES string of the molecule is ClC([C@H](Cl)n1nnc2ccccc21)n1nnc2ccccc21. The number of benzene rings is 2. The Morgan fingerprint density at radius 2 is 1.09 bits per heavy atom. The number of nitrogens with zero attached hydrogens (tertiary/aromatic N) is 6. The number of aromatic nitrogens is 6. The van der Waals surface area contributed by atoms with Crippen LogP contribution in [-0.4, -0.2) is 30.0 Å². The van der Waals surface area contributed by atoms with E-state index in [1.807, 2.05) is 48.5 Å². The molecular formula is C14H10Cl2N6. The van der Waals surface area contributed by atoms with E-state index in [2.05, 4.69) is 20.6 Å². The molecule has 1 unspecified atom stereocenters. The minimum absolute atomic E-state index is 0.654. The fourth-order valence-electron chi connectivity index (χ4n) is 2.37. The fourth-order valence-corrected chi connectivity index (χ4v) is 2.87. The van der Waals surface area contributed by atoms with Gasteiger partial charge in [-0.1, -0.05) is 57.9 Å². The second-order valence-corrected chi connectivity index (χ2v) is 5.69. The highest BCUT2D eigenvalue weighted by atomic mass is 35.5. The lowest BCUT2D eigenvalue weighted by Crippen LogP contribution is -2.17. The highest BCUT2D eigenvalue weighted by molar-refractivity contribution is 6.27. The summed E-state index contributed by atoms with van der Waals surface area (Å²) >= 11 is 13.0. The van der Waals surface area contributed by atoms with Crippen molar-refractivity contribution in [2.24, 2.45) is 0 Å². The third-order valence-electron chi connectivity index (χ3n) is 3.45. The standard InChI is InChI=1S/C14H10Cl2N6/c15-13(21-11-7-3-1-5-9(11)17-19-21)14(16)22-12-8-4-2-6-10(12)18-20-22/h1-8,13-14H/t13-,14?/m1/s1. The van der Waals surface area contributed by atoms with Crippen molar-refractivity contribution in [3.8, 4) is 0 Å². The van der Waals surface area contributed by atoms with Gasteiger partial charge in [-0.3, -0.25) is 0 Å². The van der Waals surface area contributed by atoms with Crippen molar-refractivity contribution in [1.82, 2.24) is 30.0 Å². The van der Waals surface area contributed by atoms with Crippen LogP contribution in [0.3, 0.4) is 0 Å². The zero-order valence-electron chi connectivity index (χ0n) is 11.2. The summed E-state index contributed by atoms with van der Waals surface area (Å²) in [6, 6.07) is 15.1. The van der Waals surface area contributed by atoms with Gasteiger partial charge in [-0.05, 0) is 24.3 Å². The average molecular weight is 333 g/mol. The van der Waals surface area contributed by atoms with Gasteiger partial charge in [0.2, 0.25) is 0 Å². The van der Waals surface area contributed by atoms with Crippen LogP contribution in [0.1, 0.15) is 11.0 Å². The van der Waals surface area contributed by atoms with Crippen molar-refractivity contribution in [3.63, 3.8) is 0 Å². The molecule has 0 aliphatic carbocycles. The second-order valence-electron chi connectivity index (χ2n) is 4.79. The minimum Gasteiger partial charge on any atom is -0.223 e. The van der Waals surface area contributed by atoms with Crippen LogP contribution in [0.2, 0.25) is 0 Å². The number of rotatable bonds is 3.